The maximum absolute atomic E-state index is 13.4. The predicted molar refractivity (Wildman–Crippen MR) is 117 cm³/mol. The topological polar surface area (TPSA) is 94.7 Å². The molecule has 4 atom stereocenters. The lowest BCUT2D eigenvalue weighted by molar-refractivity contribution is -0.151. The summed E-state index contributed by atoms with van der Waals surface area (Å²) in [6, 6.07) is 4.90. The number of likely N-dealkylation sites (N-methyl/N-ethyl adjacent to an activating group) is 1. The summed E-state index contributed by atoms with van der Waals surface area (Å²) in [6.45, 7) is 7.11. The van der Waals surface area contributed by atoms with Gasteiger partial charge in [-0.1, -0.05) is 13.0 Å². The number of nitrogens with one attached hydrogen (secondary N) is 1. The number of benzene rings is 1. The van der Waals surface area contributed by atoms with Crippen LogP contribution in [0, 0.1) is 12.8 Å². The van der Waals surface area contributed by atoms with Gasteiger partial charge >= 0.3 is 12.0 Å². The molecule has 1 N–H and O–H groups in total. The van der Waals surface area contributed by atoms with E-state index in [1.807, 2.05) is 19.1 Å². The van der Waals surface area contributed by atoms with Gasteiger partial charge in [-0.25, -0.2) is 4.79 Å². The summed E-state index contributed by atoms with van der Waals surface area (Å²) in [5.74, 6) is 0.0420. The molecule has 4 rings (SSSR count). The molecule has 3 heterocycles. The predicted octanol–water partition coefficient (Wildman–Crippen LogP) is 0.800. The highest BCUT2D eigenvalue weighted by Crippen LogP contribution is 2.38. The van der Waals surface area contributed by atoms with E-state index in [1.54, 1.807) is 21.1 Å². The fraction of sp³-hybridized carbons (Fsp3) is 0.591. The van der Waals surface area contributed by atoms with Crippen molar-refractivity contribution in [1.82, 2.24) is 20.0 Å². The number of ether oxygens (including phenoxy) is 2. The lowest BCUT2D eigenvalue weighted by Gasteiger charge is -2.46. The van der Waals surface area contributed by atoms with Gasteiger partial charge in [-0.2, -0.15) is 0 Å². The summed E-state index contributed by atoms with van der Waals surface area (Å²) in [7, 11) is 3.29. The monoisotopic (exact) mass is 445 g/mol. The number of rotatable bonds is 5. The third-order valence-corrected chi connectivity index (χ3v) is 6.32. The first-order valence-electron chi connectivity index (χ1n) is 10.9. The molecule has 0 aliphatic carbocycles. The molecular weight excluding hydrogens is 414 g/mol. The number of carbonyl (C=O) groups is 3. The third-order valence-electron chi connectivity index (χ3n) is 6.32. The maximum atomic E-state index is 13.4. The largest absolute Gasteiger partial charge is 0.495 e. The van der Waals surface area contributed by atoms with Gasteiger partial charge in [0.15, 0.2) is 0 Å². The van der Waals surface area contributed by atoms with Crippen LogP contribution in [-0.4, -0.2) is 91.5 Å². The van der Waals surface area contributed by atoms with Crippen molar-refractivity contribution >= 4 is 23.6 Å². The molecule has 10 nitrogen and oxygen atoms in total. The third kappa shape index (κ3) is 3.67. The first-order valence-corrected chi connectivity index (χ1v) is 10.9. The molecule has 0 spiro atoms. The Kier molecular flexibility index (Phi) is 6.00. The molecule has 3 aliphatic heterocycles. The van der Waals surface area contributed by atoms with Crippen molar-refractivity contribution in [2.24, 2.45) is 5.92 Å². The summed E-state index contributed by atoms with van der Waals surface area (Å²) in [6.07, 6.45) is -0.791. The van der Waals surface area contributed by atoms with Crippen LogP contribution in [0.15, 0.2) is 18.2 Å². The molecule has 32 heavy (non-hydrogen) atoms. The lowest BCUT2D eigenvalue weighted by atomic mass is 10.0. The molecule has 0 saturated carbocycles. The Morgan fingerprint density at radius 3 is 2.69 bits per heavy atom. The lowest BCUT2D eigenvalue weighted by Crippen LogP contribution is -2.67. The number of hydrogen-bond donors (Lipinski definition) is 1. The molecule has 174 valence electrons. The van der Waals surface area contributed by atoms with Gasteiger partial charge < -0.3 is 19.3 Å². The Bertz CT molecular complexity index is 924. The average molecular weight is 446 g/mol. The number of imide groups is 1. The van der Waals surface area contributed by atoms with Crippen LogP contribution < -0.4 is 15.0 Å². The van der Waals surface area contributed by atoms with Crippen molar-refractivity contribution in [3.63, 3.8) is 0 Å². The average Bonchev–Trinajstić information content (AvgIpc) is 3.14. The summed E-state index contributed by atoms with van der Waals surface area (Å²) in [5, 5.41) is 3.48. The number of amides is 3. The minimum atomic E-state index is -0.599. The zero-order valence-corrected chi connectivity index (χ0v) is 19.2. The molecule has 10 heteroatoms. The van der Waals surface area contributed by atoms with Gasteiger partial charge in [0.25, 0.3) is 5.91 Å². The van der Waals surface area contributed by atoms with Gasteiger partial charge in [0.2, 0.25) is 0 Å². The minimum absolute atomic E-state index is 0.192. The zero-order valence-electron chi connectivity index (χ0n) is 19.2. The quantitative estimate of drug-likeness (QED) is 0.666. The van der Waals surface area contributed by atoms with E-state index in [2.05, 4.69) is 28.1 Å². The second-order valence-corrected chi connectivity index (χ2v) is 8.68. The van der Waals surface area contributed by atoms with Crippen LogP contribution in [0.25, 0.3) is 0 Å². The number of hydrogen-bond acceptors (Lipinski definition) is 8. The van der Waals surface area contributed by atoms with Crippen molar-refractivity contribution in [3.05, 3.63) is 23.8 Å². The number of anilines is 1. The number of esters is 1. The van der Waals surface area contributed by atoms with Crippen LogP contribution in [0.3, 0.4) is 0 Å². The number of aryl methyl sites for hydroxylation is 1. The number of carbonyl (C=O) groups excluding carboxylic acids is 3. The Morgan fingerprint density at radius 1 is 1.25 bits per heavy atom. The van der Waals surface area contributed by atoms with E-state index >= 15 is 0 Å². The van der Waals surface area contributed by atoms with E-state index in [1.165, 1.54) is 4.90 Å². The van der Waals surface area contributed by atoms with E-state index < -0.39 is 24.2 Å². The Labute approximate surface area is 188 Å². The van der Waals surface area contributed by atoms with Crippen LogP contribution in [0.1, 0.15) is 19.4 Å². The first kappa shape index (κ1) is 22.3. The fourth-order valence-electron chi connectivity index (χ4n) is 4.91. The SMILES string of the molecule is CCOC(=O)CN1C(=O)C2C(NC3N(c4cc(C)ccc4OC)CC(C)CN23)N(C)C1=O. The molecule has 1 aromatic rings. The van der Waals surface area contributed by atoms with Crippen molar-refractivity contribution < 1.29 is 23.9 Å². The van der Waals surface area contributed by atoms with Crippen LogP contribution >= 0.6 is 0 Å². The van der Waals surface area contributed by atoms with Gasteiger partial charge in [-0.15, -0.1) is 0 Å². The van der Waals surface area contributed by atoms with E-state index in [4.69, 9.17) is 9.47 Å². The van der Waals surface area contributed by atoms with Gasteiger partial charge in [-0.3, -0.25) is 24.7 Å². The van der Waals surface area contributed by atoms with Gasteiger partial charge in [-0.05, 0) is 37.5 Å². The first-order chi connectivity index (χ1) is 15.3. The van der Waals surface area contributed by atoms with Gasteiger partial charge in [0.1, 0.15) is 30.8 Å². The second-order valence-electron chi connectivity index (χ2n) is 8.68. The van der Waals surface area contributed by atoms with E-state index in [9.17, 15) is 14.4 Å². The molecule has 0 aromatic heterocycles. The maximum Gasteiger partial charge on any atom is 0.328 e. The molecule has 3 aliphatic rings. The summed E-state index contributed by atoms with van der Waals surface area (Å²) in [4.78, 5) is 45.2. The highest BCUT2D eigenvalue weighted by Gasteiger charge is 2.57. The fourth-order valence-corrected chi connectivity index (χ4v) is 4.91. The Balaban J connectivity index is 1.67. The Morgan fingerprint density at radius 2 is 2.00 bits per heavy atom. The van der Waals surface area contributed by atoms with Crippen LogP contribution in [-0.2, 0) is 14.3 Å². The van der Waals surface area contributed by atoms with Crippen LogP contribution in [0.2, 0.25) is 0 Å². The zero-order chi connectivity index (χ0) is 23.2. The number of fused-ring (bicyclic) bond motifs is 3. The van der Waals surface area contributed by atoms with E-state index in [-0.39, 0.29) is 31.3 Å². The summed E-state index contributed by atoms with van der Waals surface area (Å²) in [5.41, 5.74) is 2.04. The molecule has 3 amide bonds. The smallest absolute Gasteiger partial charge is 0.328 e. The number of urea groups is 1. The van der Waals surface area contributed by atoms with Gasteiger partial charge in [0, 0.05) is 20.1 Å². The highest BCUT2D eigenvalue weighted by atomic mass is 16.5. The van der Waals surface area contributed by atoms with Crippen LogP contribution in [0.5, 0.6) is 5.75 Å². The molecule has 1 aromatic carbocycles. The van der Waals surface area contributed by atoms with E-state index in [0.717, 1.165) is 28.4 Å². The van der Waals surface area contributed by atoms with Crippen molar-refractivity contribution in [3.8, 4) is 5.75 Å². The van der Waals surface area contributed by atoms with Crippen molar-refractivity contribution in [2.45, 2.75) is 39.3 Å². The van der Waals surface area contributed by atoms with Crippen molar-refractivity contribution in [2.75, 3.05) is 45.3 Å². The van der Waals surface area contributed by atoms with E-state index in [0.29, 0.717) is 6.54 Å². The standard InChI is InChI=1S/C22H31N5O5/c1-6-32-17(28)12-27-20(29)18-19(24(4)22(27)30)23-21-25(10-14(3)11-26(18)21)15-9-13(2)7-8-16(15)31-5/h7-9,14,18-19,21,23H,6,10-12H2,1-5H3. The molecule has 3 fully saturated rings. The highest BCUT2D eigenvalue weighted by molar-refractivity contribution is 6.02. The normalized spacial score (nSPS) is 28.0. The van der Waals surface area contributed by atoms with Crippen molar-refractivity contribution in [1.29, 1.82) is 0 Å². The molecule has 0 radical (unpaired) electrons. The summed E-state index contributed by atoms with van der Waals surface area (Å²) >= 11 is 0. The van der Waals surface area contributed by atoms with Crippen LogP contribution in [0.4, 0.5) is 10.5 Å². The second kappa shape index (κ2) is 8.59. The molecule has 3 saturated heterocycles. The molecule has 0 bridgehead atoms. The number of nitrogens with zero attached hydrogens (tertiary/aromatic N) is 4. The number of methoxy groups -OCH3 is 1. The Hall–Kier alpha value is -2.85. The van der Waals surface area contributed by atoms with Gasteiger partial charge in [0.05, 0.1) is 19.4 Å². The molecule has 4 unspecified atom stereocenters. The minimum Gasteiger partial charge on any atom is -0.495 e. The molecular formula is C22H31N5O5. The summed E-state index contributed by atoms with van der Waals surface area (Å²) < 4.78 is 10.6.